The zero-order chi connectivity index (χ0) is 15.1. The zero-order valence-electron chi connectivity index (χ0n) is 12.5. The number of nitrogens with zero attached hydrogens (tertiary/aromatic N) is 1. The van der Waals surface area contributed by atoms with Crippen molar-refractivity contribution in [3.63, 3.8) is 0 Å². The Morgan fingerprint density at radius 1 is 1.29 bits per heavy atom. The molecule has 0 saturated heterocycles. The summed E-state index contributed by atoms with van der Waals surface area (Å²) < 4.78 is 0. The highest BCUT2D eigenvalue weighted by Gasteiger charge is 2.26. The molecule has 0 aromatic carbocycles. The predicted octanol–water partition coefficient (Wildman–Crippen LogP) is 1.89. The number of pyridine rings is 1. The van der Waals surface area contributed by atoms with Gasteiger partial charge in [0.05, 0.1) is 0 Å². The maximum Gasteiger partial charge on any atom is 0.259 e. The molecule has 0 atom stereocenters. The number of H-pyrrole nitrogens is 1. The van der Waals surface area contributed by atoms with E-state index in [9.17, 15) is 9.59 Å². The molecule has 1 aliphatic rings. The Kier molecular flexibility index (Phi) is 5.99. The lowest BCUT2D eigenvalue weighted by Crippen LogP contribution is -2.43. The Hall–Kier alpha value is -1.62. The Morgan fingerprint density at radius 2 is 2.00 bits per heavy atom. The third-order valence-electron chi connectivity index (χ3n) is 4.18. The van der Waals surface area contributed by atoms with Gasteiger partial charge in [-0.25, -0.2) is 0 Å². The summed E-state index contributed by atoms with van der Waals surface area (Å²) in [5, 5.41) is 0. The molecule has 1 heterocycles. The quantitative estimate of drug-likeness (QED) is 0.813. The van der Waals surface area contributed by atoms with Crippen LogP contribution in [0.2, 0.25) is 0 Å². The highest BCUT2D eigenvalue weighted by Crippen LogP contribution is 2.23. The van der Waals surface area contributed by atoms with Gasteiger partial charge in [-0.15, -0.1) is 0 Å². The van der Waals surface area contributed by atoms with Crippen molar-refractivity contribution in [1.82, 2.24) is 9.88 Å². The molecular formula is C16H25N3O2. The molecule has 1 aliphatic carbocycles. The molecule has 0 aliphatic heterocycles. The van der Waals surface area contributed by atoms with Gasteiger partial charge in [0, 0.05) is 31.0 Å². The normalized spacial score (nSPS) is 16.4. The van der Waals surface area contributed by atoms with E-state index in [2.05, 4.69) is 4.98 Å². The van der Waals surface area contributed by atoms with Crippen LogP contribution in [0, 0.1) is 0 Å². The SMILES string of the molecule is NCCCN(C(=O)c1c[nH]ccc1=O)C1CCCCCC1. The molecule has 5 heteroatoms. The second-order valence-corrected chi connectivity index (χ2v) is 5.71. The maximum atomic E-state index is 12.7. The van der Waals surface area contributed by atoms with Gasteiger partial charge in [-0.2, -0.15) is 0 Å². The molecule has 1 aromatic heterocycles. The fraction of sp³-hybridized carbons (Fsp3) is 0.625. The summed E-state index contributed by atoms with van der Waals surface area (Å²) in [6.45, 7) is 1.19. The molecule has 3 N–H and O–H groups in total. The molecule has 2 rings (SSSR count). The van der Waals surface area contributed by atoms with E-state index in [-0.39, 0.29) is 22.9 Å². The monoisotopic (exact) mass is 291 g/mol. The van der Waals surface area contributed by atoms with E-state index >= 15 is 0 Å². The minimum Gasteiger partial charge on any atom is -0.367 e. The van der Waals surface area contributed by atoms with Crippen molar-refractivity contribution in [2.24, 2.45) is 5.73 Å². The van der Waals surface area contributed by atoms with Crippen LogP contribution in [0.3, 0.4) is 0 Å². The number of nitrogens with one attached hydrogen (secondary N) is 1. The number of amides is 1. The molecular weight excluding hydrogens is 266 g/mol. The van der Waals surface area contributed by atoms with E-state index in [1.807, 2.05) is 4.90 Å². The number of hydrogen-bond acceptors (Lipinski definition) is 3. The molecule has 0 bridgehead atoms. The number of carbonyl (C=O) groups is 1. The second kappa shape index (κ2) is 7.98. The number of aromatic amines is 1. The van der Waals surface area contributed by atoms with Crippen LogP contribution in [0.1, 0.15) is 55.3 Å². The lowest BCUT2D eigenvalue weighted by molar-refractivity contribution is 0.0657. The fourth-order valence-corrected chi connectivity index (χ4v) is 3.02. The van der Waals surface area contributed by atoms with Crippen molar-refractivity contribution in [2.75, 3.05) is 13.1 Å². The lowest BCUT2D eigenvalue weighted by atomic mass is 10.1. The molecule has 1 saturated carbocycles. The van der Waals surface area contributed by atoms with Crippen LogP contribution >= 0.6 is 0 Å². The Labute approximate surface area is 125 Å². The summed E-state index contributed by atoms with van der Waals surface area (Å²) in [6, 6.07) is 1.65. The maximum absolute atomic E-state index is 12.7. The van der Waals surface area contributed by atoms with Crippen LogP contribution < -0.4 is 11.2 Å². The third-order valence-corrected chi connectivity index (χ3v) is 4.18. The topological polar surface area (TPSA) is 79.2 Å². The van der Waals surface area contributed by atoms with Crippen LogP contribution in [0.25, 0.3) is 0 Å². The largest absolute Gasteiger partial charge is 0.367 e. The van der Waals surface area contributed by atoms with Crippen molar-refractivity contribution in [1.29, 1.82) is 0 Å². The van der Waals surface area contributed by atoms with Gasteiger partial charge >= 0.3 is 0 Å². The van der Waals surface area contributed by atoms with Gasteiger partial charge in [0.1, 0.15) is 5.56 Å². The smallest absolute Gasteiger partial charge is 0.259 e. The number of aromatic nitrogens is 1. The van der Waals surface area contributed by atoms with E-state index in [1.54, 1.807) is 6.20 Å². The van der Waals surface area contributed by atoms with Gasteiger partial charge < -0.3 is 15.6 Å². The first-order valence-electron chi connectivity index (χ1n) is 7.92. The summed E-state index contributed by atoms with van der Waals surface area (Å²) >= 11 is 0. The highest BCUT2D eigenvalue weighted by atomic mass is 16.2. The number of hydrogen-bond donors (Lipinski definition) is 2. The fourth-order valence-electron chi connectivity index (χ4n) is 3.02. The summed E-state index contributed by atoms with van der Waals surface area (Å²) in [7, 11) is 0. The van der Waals surface area contributed by atoms with Crippen molar-refractivity contribution in [2.45, 2.75) is 51.0 Å². The number of nitrogens with two attached hydrogens (primary N) is 1. The third kappa shape index (κ3) is 4.17. The average Bonchev–Trinajstić information content (AvgIpc) is 2.77. The van der Waals surface area contributed by atoms with Gasteiger partial charge in [0.15, 0.2) is 5.43 Å². The van der Waals surface area contributed by atoms with Crippen LogP contribution in [0.4, 0.5) is 0 Å². The average molecular weight is 291 g/mol. The van der Waals surface area contributed by atoms with Crippen LogP contribution in [0.5, 0.6) is 0 Å². The summed E-state index contributed by atoms with van der Waals surface area (Å²) in [5.41, 5.74) is 5.62. The van der Waals surface area contributed by atoms with Crippen LogP contribution in [-0.4, -0.2) is 34.9 Å². The van der Waals surface area contributed by atoms with Crippen molar-refractivity contribution in [3.8, 4) is 0 Å². The Balaban J connectivity index is 2.20. The van der Waals surface area contributed by atoms with Gasteiger partial charge in [0.2, 0.25) is 0 Å². The van der Waals surface area contributed by atoms with E-state index < -0.39 is 0 Å². The van der Waals surface area contributed by atoms with E-state index in [0.717, 1.165) is 32.1 Å². The molecule has 116 valence electrons. The molecule has 0 radical (unpaired) electrons. The first kappa shape index (κ1) is 15.8. The first-order chi connectivity index (χ1) is 10.2. The molecule has 5 nitrogen and oxygen atoms in total. The lowest BCUT2D eigenvalue weighted by Gasteiger charge is -2.31. The highest BCUT2D eigenvalue weighted by molar-refractivity contribution is 5.94. The van der Waals surface area contributed by atoms with Crippen molar-refractivity contribution in [3.05, 3.63) is 34.2 Å². The van der Waals surface area contributed by atoms with E-state index in [1.165, 1.54) is 25.1 Å². The van der Waals surface area contributed by atoms with Crippen molar-refractivity contribution < 1.29 is 4.79 Å². The molecule has 1 aromatic rings. The zero-order valence-corrected chi connectivity index (χ0v) is 12.5. The van der Waals surface area contributed by atoms with Gasteiger partial charge in [-0.05, 0) is 25.8 Å². The van der Waals surface area contributed by atoms with Crippen molar-refractivity contribution >= 4 is 5.91 Å². The van der Waals surface area contributed by atoms with E-state index in [4.69, 9.17) is 5.73 Å². The van der Waals surface area contributed by atoms with Gasteiger partial charge in [-0.3, -0.25) is 9.59 Å². The molecule has 1 amide bonds. The summed E-state index contributed by atoms with van der Waals surface area (Å²) in [5.74, 6) is -0.155. The van der Waals surface area contributed by atoms with Crippen LogP contribution in [-0.2, 0) is 0 Å². The van der Waals surface area contributed by atoms with Gasteiger partial charge in [0.25, 0.3) is 5.91 Å². The first-order valence-corrected chi connectivity index (χ1v) is 7.92. The Bertz CT molecular complexity index is 504. The number of carbonyl (C=O) groups excluding carboxylic acids is 1. The summed E-state index contributed by atoms with van der Waals surface area (Å²) in [6.07, 6.45) is 10.7. The second-order valence-electron chi connectivity index (χ2n) is 5.71. The standard InChI is InChI=1S/C16H25N3O2/c17-9-5-11-19(13-6-3-1-2-4-7-13)16(21)14-12-18-10-8-15(14)20/h8,10,12-13H,1-7,9,11,17H2,(H,18,20). The van der Waals surface area contributed by atoms with Crippen LogP contribution in [0.15, 0.2) is 23.3 Å². The molecule has 21 heavy (non-hydrogen) atoms. The van der Waals surface area contributed by atoms with E-state index in [0.29, 0.717) is 13.1 Å². The molecule has 0 unspecified atom stereocenters. The minimum atomic E-state index is -0.217. The number of rotatable bonds is 5. The summed E-state index contributed by atoms with van der Waals surface area (Å²) in [4.78, 5) is 29.4. The minimum absolute atomic E-state index is 0.155. The molecule has 1 fully saturated rings. The van der Waals surface area contributed by atoms with Gasteiger partial charge in [-0.1, -0.05) is 25.7 Å². The Morgan fingerprint density at radius 3 is 2.62 bits per heavy atom. The predicted molar refractivity (Wildman–Crippen MR) is 83.3 cm³/mol. The molecule has 0 spiro atoms.